The van der Waals surface area contributed by atoms with Crippen LogP contribution in [0, 0.1) is 0 Å². The lowest BCUT2D eigenvalue weighted by Crippen LogP contribution is -2.19. The van der Waals surface area contributed by atoms with E-state index in [0.29, 0.717) is 0 Å². The smallest absolute Gasteiger partial charge is 0.147 e. The highest BCUT2D eigenvalue weighted by molar-refractivity contribution is 9.10. The molecule has 0 atom stereocenters. The Bertz CT molecular complexity index is 544. The lowest BCUT2D eigenvalue weighted by molar-refractivity contribution is 0.775. The summed E-state index contributed by atoms with van der Waals surface area (Å²) in [4.78, 5) is 10.9. The first-order chi connectivity index (χ1) is 9.20. The largest absolute Gasteiger partial charge is 0.354 e. The van der Waals surface area contributed by atoms with Crippen LogP contribution in [-0.2, 0) is 13.1 Å². The molecule has 0 bridgehead atoms. The van der Waals surface area contributed by atoms with Crippen LogP contribution in [0.3, 0.4) is 0 Å². The molecule has 0 fully saturated rings. The second-order valence-corrected chi connectivity index (χ2v) is 5.20. The number of nitrogens with zero attached hydrogens (tertiary/aromatic N) is 3. The lowest BCUT2D eigenvalue weighted by atomic mass is 10.2. The van der Waals surface area contributed by atoms with Gasteiger partial charge in [0.25, 0.3) is 0 Å². The van der Waals surface area contributed by atoms with Crippen molar-refractivity contribution >= 4 is 21.7 Å². The molecule has 0 unspecified atom stereocenters. The van der Waals surface area contributed by atoms with Crippen LogP contribution in [-0.4, -0.2) is 24.1 Å². The standard InChI is InChI=1S/C14H17BrN4/c1-16-7-12-8-17-9-14(18-12)19(2)10-11-5-3-4-6-13(11)15/h3-6,8-9,16H,7,10H2,1-2H3. The molecule has 1 aromatic carbocycles. The Morgan fingerprint density at radius 2 is 2.05 bits per heavy atom. The molecule has 0 aliphatic rings. The second kappa shape index (κ2) is 6.63. The van der Waals surface area contributed by atoms with Gasteiger partial charge in [0.2, 0.25) is 0 Å². The summed E-state index contributed by atoms with van der Waals surface area (Å²) >= 11 is 3.56. The first kappa shape index (κ1) is 14.0. The molecule has 100 valence electrons. The van der Waals surface area contributed by atoms with Crippen LogP contribution in [0.4, 0.5) is 5.82 Å². The highest BCUT2D eigenvalue weighted by atomic mass is 79.9. The number of hydrogen-bond donors (Lipinski definition) is 1. The average molecular weight is 321 g/mol. The van der Waals surface area contributed by atoms with Crippen LogP contribution in [0.25, 0.3) is 0 Å². The van der Waals surface area contributed by atoms with Crippen molar-refractivity contribution in [3.8, 4) is 0 Å². The SMILES string of the molecule is CNCc1cncc(N(C)Cc2ccccc2Br)n1. The molecule has 0 saturated carbocycles. The second-order valence-electron chi connectivity index (χ2n) is 4.35. The molecule has 0 spiro atoms. The normalized spacial score (nSPS) is 10.5. The molecule has 0 amide bonds. The van der Waals surface area contributed by atoms with Crippen LogP contribution in [0.15, 0.2) is 41.1 Å². The molecule has 0 aliphatic heterocycles. The summed E-state index contributed by atoms with van der Waals surface area (Å²) < 4.78 is 1.11. The molecule has 0 radical (unpaired) electrons. The number of rotatable bonds is 5. The minimum atomic E-state index is 0.726. The van der Waals surface area contributed by atoms with Gasteiger partial charge in [0.15, 0.2) is 0 Å². The molecule has 1 aromatic heterocycles. The fraction of sp³-hybridized carbons (Fsp3) is 0.286. The average Bonchev–Trinajstić information content (AvgIpc) is 2.42. The van der Waals surface area contributed by atoms with E-state index in [4.69, 9.17) is 0 Å². The first-order valence-corrected chi connectivity index (χ1v) is 6.90. The van der Waals surface area contributed by atoms with E-state index in [1.165, 1.54) is 5.56 Å². The van der Waals surface area contributed by atoms with Crippen LogP contribution in [0.2, 0.25) is 0 Å². The maximum Gasteiger partial charge on any atom is 0.147 e. The molecular weight excluding hydrogens is 304 g/mol. The molecule has 2 aromatic rings. The minimum absolute atomic E-state index is 0.726. The molecule has 0 saturated heterocycles. The summed E-state index contributed by atoms with van der Waals surface area (Å²) in [5.74, 6) is 0.878. The highest BCUT2D eigenvalue weighted by Gasteiger charge is 2.07. The van der Waals surface area contributed by atoms with Crippen molar-refractivity contribution in [1.82, 2.24) is 15.3 Å². The van der Waals surface area contributed by atoms with Crippen molar-refractivity contribution in [3.63, 3.8) is 0 Å². The van der Waals surface area contributed by atoms with Gasteiger partial charge in [0, 0.05) is 30.8 Å². The van der Waals surface area contributed by atoms with Crippen LogP contribution >= 0.6 is 15.9 Å². The maximum absolute atomic E-state index is 4.57. The summed E-state index contributed by atoms with van der Waals surface area (Å²) in [5.41, 5.74) is 2.17. The quantitative estimate of drug-likeness (QED) is 0.919. The number of nitrogens with one attached hydrogen (secondary N) is 1. The van der Waals surface area contributed by atoms with Crippen molar-refractivity contribution in [1.29, 1.82) is 0 Å². The van der Waals surface area contributed by atoms with Gasteiger partial charge in [-0.2, -0.15) is 0 Å². The Balaban J connectivity index is 2.13. The Morgan fingerprint density at radius 3 is 2.79 bits per heavy atom. The summed E-state index contributed by atoms with van der Waals surface area (Å²) in [5, 5.41) is 3.08. The van der Waals surface area contributed by atoms with E-state index in [9.17, 15) is 0 Å². The van der Waals surface area contributed by atoms with Crippen LogP contribution in [0.1, 0.15) is 11.3 Å². The first-order valence-electron chi connectivity index (χ1n) is 6.11. The van der Waals surface area contributed by atoms with Crippen molar-refractivity contribution in [2.75, 3.05) is 19.0 Å². The molecule has 5 heteroatoms. The molecule has 2 rings (SSSR count). The zero-order chi connectivity index (χ0) is 13.7. The zero-order valence-corrected chi connectivity index (χ0v) is 12.7. The van der Waals surface area contributed by atoms with Crippen LogP contribution < -0.4 is 10.2 Å². The summed E-state index contributed by atoms with van der Waals surface area (Å²) in [6.07, 6.45) is 3.57. The van der Waals surface area contributed by atoms with Gasteiger partial charge in [-0.25, -0.2) is 4.98 Å². The van der Waals surface area contributed by atoms with Crippen molar-refractivity contribution in [2.24, 2.45) is 0 Å². The molecule has 19 heavy (non-hydrogen) atoms. The van der Waals surface area contributed by atoms with E-state index in [1.807, 2.05) is 32.3 Å². The Kier molecular flexibility index (Phi) is 4.87. The fourth-order valence-electron chi connectivity index (χ4n) is 1.81. The van der Waals surface area contributed by atoms with Gasteiger partial charge in [0.1, 0.15) is 5.82 Å². The van der Waals surface area contributed by atoms with E-state index in [-0.39, 0.29) is 0 Å². The van der Waals surface area contributed by atoms with Gasteiger partial charge >= 0.3 is 0 Å². The van der Waals surface area contributed by atoms with Crippen molar-refractivity contribution in [2.45, 2.75) is 13.1 Å². The molecule has 1 heterocycles. The van der Waals surface area contributed by atoms with E-state index in [1.54, 1.807) is 12.4 Å². The van der Waals surface area contributed by atoms with Gasteiger partial charge in [0.05, 0.1) is 11.9 Å². The monoisotopic (exact) mass is 320 g/mol. The maximum atomic E-state index is 4.57. The predicted octanol–water partition coefficient (Wildman–Crippen LogP) is 2.59. The topological polar surface area (TPSA) is 41.1 Å². The number of benzene rings is 1. The van der Waals surface area contributed by atoms with Gasteiger partial charge in [-0.05, 0) is 18.7 Å². The Hall–Kier alpha value is -1.46. The van der Waals surface area contributed by atoms with Gasteiger partial charge in [-0.3, -0.25) is 4.98 Å². The Morgan fingerprint density at radius 1 is 1.26 bits per heavy atom. The van der Waals surface area contributed by atoms with Crippen molar-refractivity contribution in [3.05, 3.63) is 52.4 Å². The number of anilines is 1. The lowest BCUT2D eigenvalue weighted by Gasteiger charge is -2.19. The molecule has 0 aliphatic carbocycles. The minimum Gasteiger partial charge on any atom is -0.354 e. The van der Waals surface area contributed by atoms with E-state index < -0.39 is 0 Å². The number of aromatic nitrogens is 2. The Labute approximate surface area is 122 Å². The van der Waals surface area contributed by atoms with Gasteiger partial charge in [-0.1, -0.05) is 34.1 Å². The zero-order valence-electron chi connectivity index (χ0n) is 11.1. The summed E-state index contributed by atoms with van der Waals surface area (Å²) in [7, 11) is 3.92. The van der Waals surface area contributed by atoms with E-state index in [2.05, 4.69) is 42.2 Å². The highest BCUT2D eigenvalue weighted by Crippen LogP contribution is 2.19. The molecular formula is C14H17BrN4. The van der Waals surface area contributed by atoms with Gasteiger partial charge < -0.3 is 10.2 Å². The van der Waals surface area contributed by atoms with E-state index >= 15 is 0 Å². The third-order valence-corrected chi connectivity index (χ3v) is 3.56. The van der Waals surface area contributed by atoms with Crippen LogP contribution in [0.5, 0.6) is 0 Å². The third-order valence-electron chi connectivity index (χ3n) is 2.79. The van der Waals surface area contributed by atoms with E-state index in [0.717, 1.165) is 29.1 Å². The fourth-order valence-corrected chi connectivity index (χ4v) is 2.22. The predicted molar refractivity (Wildman–Crippen MR) is 81.0 cm³/mol. The van der Waals surface area contributed by atoms with Crippen molar-refractivity contribution < 1.29 is 0 Å². The van der Waals surface area contributed by atoms with Gasteiger partial charge in [-0.15, -0.1) is 0 Å². The summed E-state index contributed by atoms with van der Waals surface area (Å²) in [6.45, 7) is 1.52. The molecule has 4 nitrogen and oxygen atoms in total. The third kappa shape index (κ3) is 3.75. The number of hydrogen-bond acceptors (Lipinski definition) is 4. The summed E-state index contributed by atoms with van der Waals surface area (Å²) in [6, 6.07) is 8.20. The molecule has 1 N–H and O–H groups in total. The number of halogens is 1.